The molecule has 1 amide bonds. The van der Waals surface area contributed by atoms with Crippen LogP contribution < -0.4 is 15.8 Å². The minimum absolute atomic E-state index is 0.00857. The van der Waals surface area contributed by atoms with Gasteiger partial charge in [0.25, 0.3) is 5.91 Å². The SMILES string of the molecule is N/C(=N\O)c1ccc(OCC(=O)Nc2cn[nH]c2)cc1. The second-order valence-electron chi connectivity index (χ2n) is 3.83. The highest BCUT2D eigenvalue weighted by atomic mass is 16.5. The Labute approximate surface area is 114 Å². The van der Waals surface area contributed by atoms with Gasteiger partial charge in [0, 0.05) is 11.8 Å². The molecule has 8 nitrogen and oxygen atoms in total. The summed E-state index contributed by atoms with van der Waals surface area (Å²) < 4.78 is 5.30. The highest BCUT2D eigenvalue weighted by Gasteiger charge is 2.05. The average Bonchev–Trinajstić information content (AvgIpc) is 2.97. The van der Waals surface area contributed by atoms with Crippen LogP contribution in [0.25, 0.3) is 0 Å². The molecule has 0 radical (unpaired) electrons. The van der Waals surface area contributed by atoms with Crippen molar-refractivity contribution in [1.29, 1.82) is 0 Å². The lowest BCUT2D eigenvalue weighted by Gasteiger charge is -2.06. The van der Waals surface area contributed by atoms with E-state index in [9.17, 15) is 4.79 Å². The van der Waals surface area contributed by atoms with Crippen LogP contribution in [-0.2, 0) is 4.79 Å². The summed E-state index contributed by atoms with van der Waals surface area (Å²) >= 11 is 0. The summed E-state index contributed by atoms with van der Waals surface area (Å²) in [6, 6.07) is 6.49. The number of oxime groups is 1. The van der Waals surface area contributed by atoms with Crippen LogP contribution in [0.3, 0.4) is 0 Å². The predicted octanol–water partition coefficient (Wildman–Crippen LogP) is 0.522. The van der Waals surface area contributed by atoms with Crippen LogP contribution in [-0.4, -0.2) is 33.8 Å². The predicted molar refractivity (Wildman–Crippen MR) is 71.7 cm³/mol. The molecule has 20 heavy (non-hydrogen) atoms. The Kier molecular flexibility index (Phi) is 4.17. The van der Waals surface area contributed by atoms with E-state index in [1.54, 1.807) is 30.5 Å². The normalized spacial score (nSPS) is 11.1. The van der Waals surface area contributed by atoms with Crippen LogP contribution in [0.2, 0.25) is 0 Å². The first-order chi connectivity index (χ1) is 9.69. The summed E-state index contributed by atoms with van der Waals surface area (Å²) in [4.78, 5) is 11.6. The number of H-pyrrole nitrogens is 1. The summed E-state index contributed by atoms with van der Waals surface area (Å²) in [7, 11) is 0. The second-order valence-corrected chi connectivity index (χ2v) is 3.83. The smallest absolute Gasteiger partial charge is 0.262 e. The van der Waals surface area contributed by atoms with E-state index in [-0.39, 0.29) is 18.3 Å². The maximum Gasteiger partial charge on any atom is 0.262 e. The van der Waals surface area contributed by atoms with E-state index in [0.29, 0.717) is 17.0 Å². The zero-order chi connectivity index (χ0) is 14.4. The number of aromatic amines is 1. The van der Waals surface area contributed by atoms with E-state index in [4.69, 9.17) is 15.7 Å². The number of amidine groups is 1. The maximum absolute atomic E-state index is 11.6. The van der Waals surface area contributed by atoms with E-state index in [2.05, 4.69) is 20.7 Å². The van der Waals surface area contributed by atoms with E-state index in [1.165, 1.54) is 6.20 Å². The first-order valence-electron chi connectivity index (χ1n) is 5.68. The number of benzene rings is 1. The minimum atomic E-state index is -0.299. The Balaban J connectivity index is 1.86. The van der Waals surface area contributed by atoms with Gasteiger partial charge in [0.1, 0.15) is 5.75 Å². The molecule has 1 heterocycles. The molecule has 1 aromatic carbocycles. The third-order valence-corrected chi connectivity index (χ3v) is 2.41. The van der Waals surface area contributed by atoms with Crippen LogP contribution >= 0.6 is 0 Å². The van der Waals surface area contributed by atoms with Gasteiger partial charge in [-0.3, -0.25) is 9.89 Å². The first-order valence-corrected chi connectivity index (χ1v) is 5.68. The van der Waals surface area contributed by atoms with Crippen molar-refractivity contribution >= 4 is 17.4 Å². The van der Waals surface area contributed by atoms with E-state index >= 15 is 0 Å². The van der Waals surface area contributed by atoms with Gasteiger partial charge in [0.05, 0.1) is 11.9 Å². The maximum atomic E-state index is 11.6. The summed E-state index contributed by atoms with van der Waals surface area (Å²) in [6.07, 6.45) is 3.05. The lowest BCUT2D eigenvalue weighted by atomic mass is 10.2. The minimum Gasteiger partial charge on any atom is -0.484 e. The molecule has 5 N–H and O–H groups in total. The number of anilines is 1. The lowest BCUT2D eigenvalue weighted by molar-refractivity contribution is -0.118. The molecule has 0 aliphatic carbocycles. The van der Waals surface area contributed by atoms with Gasteiger partial charge in [-0.2, -0.15) is 5.10 Å². The van der Waals surface area contributed by atoms with Gasteiger partial charge in [-0.15, -0.1) is 0 Å². The number of rotatable bonds is 5. The average molecular weight is 275 g/mol. The number of carbonyl (C=O) groups is 1. The second kappa shape index (κ2) is 6.23. The number of nitrogens with one attached hydrogen (secondary N) is 2. The van der Waals surface area contributed by atoms with E-state index in [1.807, 2.05) is 0 Å². The fourth-order valence-corrected chi connectivity index (χ4v) is 1.44. The summed E-state index contributed by atoms with van der Waals surface area (Å²) in [5.74, 6) is 0.211. The molecule has 0 fully saturated rings. The molecular weight excluding hydrogens is 262 g/mol. The van der Waals surface area contributed by atoms with Gasteiger partial charge in [-0.1, -0.05) is 5.16 Å². The molecule has 0 saturated heterocycles. The number of aromatic nitrogens is 2. The molecule has 0 aliphatic heterocycles. The topological polar surface area (TPSA) is 126 Å². The third kappa shape index (κ3) is 3.48. The zero-order valence-corrected chi connectivity index (χ0v) is 10.4. The van der Waals surface area contributed by atoms with Crippen molar-refractivity contribution in [2.24, 2.45) is 10.9 Å². The van der Waals surface area contributed by atoms with Gasteiger partial charge >= 0.3 is 0 Å². The molecule has 0 unspecified atom stereocenters. The van der Waals surface area contributed by atoms with E-state index in [0.717, 1.165) is 0 Å². The highest BCUT2D eigenvalue weighted by molar-refractivity contribution is 5.97. The van der Waals surface area contributed by atoms with Crippen LogP contribution in [0.4, 0.5) is 5.69 Å². The summed E-state index contributed by atoms with van der Waals surface area (Å²) in [5.41, 5.74) is 6.56. The summed E-state index contributed by atoms with van der Waals surface area (Å²) in [5, 5.41) is 20.3. The van der Waals surface area contributed by atoms with Gasteiger partial charge in [0.15, 0.2) is 12.4 Å². The highest BCUT2D eigenvalue weighted by Crippen LogP contribution is 2.12. The molecule has 2 rings (SSSR count). The molecule has 1 aromatic heterocycles. The van der Waals surface area contributed by atoms with Gasteiger partial charge < -0.3 is 21.0 Å². The molecule has 0 bridgehead atoms. The molecular formula is C12H13N5O3. The van der Waals surface area contributed by atoms with Gasteiger partial charge in [-0.25, -0.2) is 0 Å². The fourth-order valence-electron chi connectivity index (χ4n) is 1.44. The molecule has 0 saturated carbocycles. The molecule has 0 spiro atoms. The van der Waals surface area contributed by atoms with Gasteiger partial charge in [0.2, 0.25) is 0 Å². The van der Waals surface area contributed by atoms with Crippen molar-refractivity contribution < 1.29 is 14.7 Å². The molecule has 0 atom stereocenters. The Hall–Kier alpha value is -3.03. The number of amides is 1. The largest absolute Gasteiger partial charge is 0.484 e. The van der Waals surface area contributed by atoms with Crippen LogP contribution in [0.5, 0.6) is 5.75 Å². The van der Waals surface area contributed by atoms with Crippen LogP contribution in [0, 0.1) is 0 Å². The number of carbonyl (C=O) groups excluding carboxylic acids is 1. The van der Waals surface area contributed by atoms with Crippen molar-refractivity contribution in [2.75, 3.05) is 11.9 Å². The van der Waals surface area contributed by atoms with E-state index < -0.39 is 0 Å². The number of hydrogen-bond donors (Lipinski definition) is 4. The molecule has 8 heteroatoms. The lowest BCUT2D eigenvalue weighted by Crippen LogP contribution is -2.20. The number of hydrogen-bond acceptors (Lipinski definition) is 5. The van der Waals surface area contributed by atoms with Crippen LogP contribution in [0.15, 0.2) is 41.8 Å². The number of ether oxygens (including phenoxy) is 1. The zero-order valence-electron chi connectivity index (χ0n) is 10.4. The Morgan fingerprint density at radius 2 is 2.20 bits per heavy atom. The summed E-state index contributed by atoms with van der Waals surface area (Å²) in [6.45, 7) is -0.131. The number of nitrogens with two attached hydrogens (primary N) is 1. The molecule has 104 valence electrons. The Morgan fingerprint density at radius 1 is 1.45 bits per heavy atom. The quantitative estimate of drug-likeness (QED) is 0.274. The van der Waals surface area contributed by atoms with Crippen molar-refractivity contribution in [3.63, 3.8) is 0 Å². The van der Waals surface area contributed by atoms with Crippen molar-refractivity contribution in [1.82, 2.24) is 10.2 Å². The van der Waals surface area contributed by atoms with Crippen molar-refractivity contribution in [3.8, 4) is 5.75 Å². The third-order valence-electron chi connectivity index (χ3n) is 2.41. The van der Waals surface area contributed by atoms with Crippen molar-refractivity contribution in [2.45, 2.75) is 0 Å². The fraction of sp³-hybridized carbons (Fsp3) is 0.0833. The molecule has 2 aromatic rings. The number of nitrogens with zero attached hydrogens (tertiary/aromatic N) is 2. The first kappa shape index (κ1) is 13.4. The van der Waals surface area contributed by atoms with Crippen molar-refractivity contribution in [3.05, 3.63) is 42.2 Å². The standard InChI is InChI=1S/C12H13N5O3/c13-12(17-19)8-1-3-10(4-2-8)20-7-11(18)16-9-5-14-15-6-9/h1-6,19H,7H2,(H2,13,17)(H,14,15)(H,16,18). The Morgan fingerprint density at radius 3 is 2.80 bits per heavy atom. The van der Waals surface area contributed by atoms with Crippen LogP contribution in [0.1, 0.15) is 5.56 Å². The Bertz CT molecular complexity index is 592. The van der Waals surface area contributed by atoms with Gasteiger partial charge in [-0.05, 0) is 24.3 Å². The molecule has 0 aliphatic rings. The monoisotopic (exact) mass is 275 g/mol.